The van der Waals surface area contributed by atoms with E-state index < -0.39 is 6.10 Å². The van der Waals surface area contributed by atoms with E-state index in [9.17, 15) is 9.50 Å². The Labute approximate surface area is 112 Å². The third-order valence-electron chi connectivity index (χ3n) is 2.99. The second kappa shape index (κ2) is 5.80. The summed E-state index contributed by atoms with van der Waals surface area (Å²) in [5.74, 6) is 0.347. The van der Waals surface area contributed by atoms with E-state index in [0.29, 0.717) is 18.1 Å². The molecule has 4 heteroatoms. The largest absolute Gasteiger partial charge is 0.389 e. The van der Waals surface area contributed by atoms with E-state index in [4.69, 9.17) is 0 Å². The van der Waals surface area contributed by atoms with Crippen LogP contribution in [0.1, 0.15) is 25.5 Å². The van der Waals surface area contributed by atoms with Gasteiger partial charge in [0.25, 0.3) is 0 Å². The van der Waals surface area contributed by atoms with Gasteiger partial charge in [-0.3, -0.25) is 0 Å². The number of aromatic nitrogens is 1. The van der Waals surface area contributed by atoms with Gasteiger partial charge in [0, 0.05) is 12.7 Å². The second-order valence-electron chi connectivity index (χ2n) is 4.32. The predicted molar refractivity (Wildman–Crippen MR) is 74.0 cm³/mol. The van der Waals surface area contributed by atoms with Crippen molar-refractivity contribution in [2.24, 2.45) is 0 Å². The molecule has 0 spiro atoms. The maximum Gasteiger partial charge on any atom is 0.146 e. The number of hydrogen-bond donors (Lipinski definition) is 1. The minimum Gasteiger partial charge on any atom is -0.389 e. The normalized spacial score (nSPS) is 12.2. The molecule has 0 saturated heterocycles. The zero-order chi connectivity index (χ0) is 13.8. The second-order valence-corrected chi connectivity index (χ2v) is 4.32. The molecule has 1 atom stereocenters. The van der Waals surface area contributed by atoms with Crippen molar-refractivity contribution >= 4 is 11.5 Å². The van der Waals surface area contributed by atoms with Gasteiger partial charge in [-0.05, 0) is 43.7 Å². The highest BCUT2D eigenvalue weighted by Crippen LogP contribution is 2.27. The van der Waals surface area contributed by atoms with Crippen molar-refractivity contribution in [1.82, 2.24) is 4.98 Å². The molecule has 1 N–H and O–H groups in total. The monoisotopic (exact) mass is 260 g/mol. The van der Waals surface area contributed by atoms with Crippen LogP contribution >= 0.6 is 0 Å². The molecule has 0 bridgehead atoms. The van der Waals surface area contributed by atoms with Crippen molar-refractivity contribution in [3.63, 3.8) is 0 Å². The third-order valence-corrected chi connectivity index (χ3v) is 2.99. The van der Waals surface area contributed by atoms with Crippen LogP contribution in [0.3, 0.4) is 0 Å². The summed E-state index contributed by atoms with van der Waals surface area (Å²) in [6, 6.07) is 10.1. The summed E-state index contributed by atoms with van der Waals surface area (Å²) in [5.41, 5.74) is 1.25. The highest BCUT2D eigenvalue weighted by molar-refractivity contribution is 5.60. The minimum atomic E-state index is -0.568. The lowest BCUT2D eigenvalue weighted by Crippen LogP contribution is -2.18. The SMILES string of the molecule is CCN(c1cc([C@@H](C)O)ccn1)c1ccccc1F. The summed E-state index contributed by atoms with van der Waals surface area (Å²) in [4.78, 5) is 6.04. The summed E-state index contributed by atoms with van der Waals surface area (Å²) >= 11 is 0. The van der Waals surface area contributed by atoms with Gasteiger partial charge < -0.3 is 10.0 Å². The number of hydrogen-bond acceptors (Lipinski definition) is 3. The van der Waals surface area contributed by atoms with E-state index in [-0.39, 0.29) is 5.82 Å². The smallest absolute Gasteiger partial charge is 0.146 e. The van der Waals surface area contributed by atoms with E-state index in [0.717, 1.165) is 5.56 Å². The number of aliphatic hydroxyl groups is 1. The highest BCUT2D eigenvalue weighted by atomic mass is 19.1. The van der Waals surface area contributed by atoms with Gasteiger partial charge in [0.1, 0.15) is 11.6 Å². The van der Waals surface area contributed by atoms with Gasteiger partial charge >= 0.3 is 0 Å². The van der Waals surface area contributed by atoms with Crippen molar-refractivity contribution in [2.75, 3.05) is 11.4 Å². The van der Waals surface area contributed by atoms with E-state index in [1.54, 1.807) is 48.4 Å². The summed E-state index contributed by atoms with van der Waals surface area (Å²) in [5, 5.41) is 9.61. The lowest BCUT2D eigenvalue weighted by Gasteiger charge is -2.23. The number of anilines is 2. The molecule has 100 valence electrons. The first-order valence-corrected chi connectivity index (χ1v) is 6.29. The molecule has 0 saturated carbocycles. The van der Waals surface area contributed by atoms with Gasteiger partial charge in [-0.2, -0.15) is 0 Å². The lowest BCUT2D eigenvalue weighted by molar-refractivity contribution is 0.199. The van der Waals surface area contributed by atoms with Gasteiger partial charge in [0.05, 0.1) is 11.8 Å². The predicted octanol–water partition coefficient (Wildman–Crippen LogP) is 3.43. The Bertz CT molecular complexity index is 557. The van der Waals surface area contributed by atoms with Crippen LogP contribution in [0.2, 0.25) is 0 Å². The van der Waals surface area contributed by atoms with Gasteiger partial charge in [-0.1, -0.05) is 12.1 Å². The van der Waals surface area contributed by atoms with Crippen LogP contribution in [-0.2, 0) is 0 Å². The standard InChI is InChI=1S/C15H17FN2O/c1-3-18(14-7-5-4-6-13(14)16)15-10-12(11(2)19)8-9-17-15/h4-11,19H,3H2,1-2H3/t11-/m1/s1. The topological polar surface area (TPSA) is 36.4 Å². The maximum atomic E-state index is 13.9. The Morgan fingerprint density at radius 2 is 2.05 bits per heavy atom. The Balaban J connectivity index is 2.43. The first kappa shape index (κ1) is 13.5. The molecule has 0 radical (unpaired) electrons. The molecule has 0 aliphatic carbocycles. The summed E-state index contributed by atoms with van der Waals surface area (Å²) in [6.07, 6.45) is 1.06. The number of rotatable bonds is 4. The number of pyridine rings is 1. The lowest BCUT2D eigenvalue weighted by atomic mass is 10.1. The fourth-order valence-corrected chi connectivity index (χ4v) is 1.97. The fourth-order valence-electron chi connectivity index (χ4n) is 1.97. The first-order valence-electron chi connectivity index (χ1n) is 6.29. The van der Waals surface area contributed by atoms with Crippen molar-refractivity contribution in [2.45, 2.75) is 20.0 Å². The van der Waals surface area contributed by atoms with Crippen LogP contribution in [0.25, 0.3) is 0 Å². The fraction of sp³-hybridized carbons (Fsp3) is 0.267. The van der Waals surface area contributed by atoms with Crippen molar-refractivity contribution in [3.05, 3.63) is 54.0 Å². The molecule has 1 aromatic carbocycles. The molecule has 19 heavy (non-hydrogen) atoms. The maximum absolute atomic E-state index is 13.9. The molecule has 0 amide bonds. The number of aliphatic hydroxyl groups excluding tert-OH is 1. The average Bonchev–Trinajstić information content (AvgIpc) is 2.42. The van der Waals surface area contributed by atoms with Crippen LogP contribution in [0.5, 0.6) is 0 Å². The molecule has 0 aliphatic rings. The Morgan fingerprint density at radius 3 is 2.68 bits per heavy atom. The molecule has 3 nitrogen and oxygen atoms in total. The van der Waals surface area contributed by atoms with Crippen LogP contribution in [-0.4, -0.2) is 16.6 Å². The number of halogens is 1. The van der Waals surface area contributed by atoms with Crippen LogP contribution in [0.15, 0.2) is 42.6 Å². The molecule has 1 aromatic heterocycles. The van der Waals surface area contributed by atoms with Crippen molar-refractivity contribution in [3.8, 4) is 0 Å². The van der Waals surface area contributed by atoms with Crippen LogP contribution in [0.4, 0.5) is 15.9 Å². The average molecular weight is 260 g/mol. The Morgan fingerprint density at radius 1 is 1.32 bits per heavy atom. The van der Waals surface area contributed by atoms with Crippen LogP contribution in [0, 0.1) is 5.82 Å². The summed E-state index contributed by atoms with van der Waals surface area (Å²) in [6.45, 7) is 4.22. The van der Waals surface area contributed by atoms with Crippen LogP contribution < -0.4 is 4.90 Å². The van der Waals surface area contributed by atoms with E-state index in [1.165, 1.54) is 6.07 Å². The molecular formula is C15H17FN2O. The Kier molecular flexibility index (Phi) is 4.12. The third kappa shape index (κ3) is 2.90. The van der Waals surface area contributed by atoms with E-state index in [1.807, 2.05) is 6.92 Å². The zero-order valence-corrected chi connectivity index (χ0v) is 11.0. The number of para-hydroxylation sites is 1. The highest BCUT2D eigenvalue weighted by Gasteiger charge is 2.13. The molecule has 2 aromatic rings. The molecule has 1 heterocycles. The van der Waals surface area contributed by atoms with E-state index in [2.05, 4.69) is 4.98 Å². The minimum absolute atomic E-state index is 0.284. The quantitative estimate of drug-likeness (QED) is 0.915. The summed E-state index contributed by atoms with van der Waals surface area (Å²) in [7, 11) is 0. The van der Waals surface area contributed by atoms with Gasteiger partial charge in [-0.25, -0.2) is 9.37 Å². The molecule has 0 aliphatic heterocycles. The number of nitrogens with zero attached hydrogens (tertiary/aromatic N) is 2. The molecule has 2 rings (SSSR count). The number of benzene rings is 1. The Hall–Kier alpha value is -1.94. The van der Waals surface area contributed by atoms with Crippen molar-refractivity contribution in [1.29, 1.82) is 0 Å². The molecule has 0 unspecified atom stereocenters. The molecular weight excluding hydrogens is 243 g/mol. The van der Waals surface area contributed by atoms with Gasteiger partial charge in [0.15, 0.2) is 0 Å². The van der Waals surface area contributed by atoms with Gasteiger partial charge in [0.2, 0.25) is 0 Å². The zero-order valence-electron chi connectivity index (χ0n) is 11.0. The summed E-state index contributed by atoms with van der Waals surface area (Å²) < 4.78 is 13.9. The first-order chi connectivity index (χ1) is 9.13. The van der Waals surface area contributed by atoms with E-state index >= 15 is 0 Å². The molecule has 0 fully saturated rings. The van der Waals surface area contributed by atoms with Crippen molar-refractivity contribution < 1.29 is 9.50 Å². The van der Waals surface area contributed by atoms with Gasteiger partial charge in [-0.15, -0.1) is 0 Å².